The van der Waals surface area contributed by atoms with Gasteiger partial charge in [-0.15, -0.1) is 0 Å². The van der Waals surface area contributed by atoms with E-state index in [-0.39, 0.29) is 0 Å². The molecule has 2 N–H and O–H groups in total. The predicted molar refractivity (Wildman–Crippen MR) is 112 cm³/mol. The average molecular weight is 370 g/mol. The summed E-state index contributed by atoms with van der Waals surface area (Å²) in [5, 5.41) is 7.18. The first-order valence-electron chi connectivity index (χ1n) is 10.4. The van der Waals surface area contributed by atoms with Gasteiger partial charge in [-0.05, 0) is 70.4 Å². The highest BCUT2D eigenvalue weighted by atomic mass is 15.2. The first-order valence-corrected chi connectivity index (χ1v) is 10.4. The van der Waals surface area contributed by atoms with Crippen molar-refractivity contribution in [2.24, 2.45) is 0 Å². The molecule has 0 saturated carbocycles. The number of aromatic nitrogens is 1. The smallest absolute Gasteiger partial charge is 0.0569 e. The Morgan fingerprint density at radius 3 is 2.85 bits per heavy atom. The van der Waals surface area contributed by atoms with E-state index in [1.54, 1.807) is 0 Å². The van der Waals surface area contributed by atoms with Gasteiger partial charge in [-0.25, -0.2) is 0 Å². The standard InChI is InChI=1S/C22H35N5/c1-26(17-20-9-2-5-12-23-20)15-8-16-27(18-21-10-3-6-13-24-21)19-22-11-4-7-14-25-22/h2-3,5-6,9-10,12-13,21-22,24-25H,4,7-8,11,14-19H2,1H3. The molecule has 0 bridgehead atoms. The normalized spacial score (nSPS) is 22.3. The summed E-state index contributed by atoms with van der Waals surface area (Å²) in [5.74, 6) is 0. The minimum Gasteiger partial charge on any atom is -0.383 e. The van der Waals surface area contributed by atoms with Gasteiger partial charge in [-0.3, -0.25) is 9.88 Å². The molecule has 5 nitrogen and oxygen atoms in total. The molecule has 0 aromatic carbocycles. The van der Waals surface area contributed by atoms with Crippen LogP contribution in [0.5, 0.6) is 0 Å². The summed E-state index contributed by atoms with van der Waals surface area (Å²) < 4.78 is 0. The molecule has 2 aliphatic rings. The van der Waals surface area contributed by atoms with Crippen LogP contribution >= 0.6 is 0 Å². The molecule has 0 spiro atoms. The van der Waals surface area contributed by atoms with Crippen LogP contribution < -0.4 is 10.6 Å². The Labute approximate surface area is 164 Å². The van der Waals surface area contributed by atoms with Crippen molar-refractivity contribution in [2.45, 2.75) is 44.3 Å². The molecule has 0 amide bonds. The Morgan fingerprint density at radius 1 is 1.15 bits per heavy atom. The van der Waals surface area contributed by atoms with E-state index in [1.807, 2.05) is 12.3 Å². The maximum Gasteiger partial charge on any atom is 0.0569 e. The lowest BCUT2D eigenvalue weighted by atomic mass is 10.0. The quantitative estimate of drug-likeness (QED) is 0.663. The van der Waals surface area contributed by atoms with E-state index in [9.17, 15) is 0 Å². The summed E-state index contributed by atoms with van der Waals surface area (Å²) in [6.07, 6.45) is 15.6. The van der Waals surface area contributed by atoms with Crippen molar-refractivity contribution < 1.29 is 0 Å². The number of allylic oxidation sites excluding steroid dienone is 2. The lowest BCUT2D eigenvalue weighted by molar-refractivity contribution is 0.201. The van der Waals surface area contributed by atoms with Crippen molar-refractivity contribution in [3.8, 4) is 0 Å². The first kappa shape index (κ1) is 20.1. The topological polar surface area (TPSA) is 43.4 Å². The Morgan fingerprint density at radius 2 is 2.11 bits per heavy atom. The van der Waals surface area contributed by atoms with E-state index in [2.05, 4.69) is 69.0 Å². The number of rotatable bonds is 10. The summed E-state index contributed by atoms with van der Waals surface area (Å²) in [6, 6.07) is 7.21. The van der Waals surface area contributed by atoms with Crippen molar-refractivity contribution in [1.29, 1.82) is 0 Å². The average Bonchev–Trinajstić information content (AvgIpc) is 2.70. The second-order valence-corrected chi connectivity index (χ2v) is 7.84. The number of nitrogens with zero attached hydrogens (tertiary/aromatic N) is 3. The number of nitrogens with one attached hydrogen (secondary N) is 2. The molecule has 1 saturated heterocycles. The van der Waals surface area contributed by atoms with Crippen LogP contribution in [0.1, 0.15) is 31.4 Å². The molecule has 148 valence electrons. The predicted octanol–water partition coefficient (Wildman–Crippen LogP) is 2.39. The Bertz CT molecular complexity index is 580. The summed E-state index contributed by atoms with van der Waals surface area (Å²) >= 11 is 0. The fourth-order valence-corrected chi connectivity index (χ4v) is 3.94. The van der Waals surface area contributed by atoms with Gasteiger partial charge in [0.15, 0.2) is 0 Å². The second-order valence-electron chi connectivity index (χ2n) is 7.84. The number of pyridine rings is 1. The first-order chi connectivity index (χ1) is 13.3. The third-order valence-electron chi connectivity index (χ3n) is 5.38. The number of dihydropyridines is 1. The van der Waals surface area contributed by atoms with Crippen LogP contribution in [0.3, 0.4) is 0 Å². The Hall–Kier alpha value is -1.69. The van der Waals surface area contributed by atoms with Crippen molar-refractivity contribution in [1.82, 2.24) is 25.4 Å². The zero-order valence-corrected chi connectivity index (χ0v) is 16.7. The summed E-state index contributed by atoms with van der Waals surface area (Å²) in [6.45, 7) is 6.56. The van der Waals surface area contributed by atoms with Crippen molar-refractivity contribution in [3.05, 3.63) is 54.5 Å². The SMILES string of the molecule is CN(CCCN(CC1C=CC=CN1)CC1CCCCN1)Cc1ccccn1. The van der Waals surface area contributed by atoms with E-state index in [0.29, 0.717) is 12.1 Å². The number of piperidine rings is 1. The fourth-order valence-electron chi connectivity index (χ4n) is 3.94. The van der Waals surface area contributed by atoms with E-state index >= 15 is 0 Å². The Kier molecular flexibility index (Phi) is 8.33. The van der Waals surface area contributed by atoms with E-state index in [0.717, 1.165) is 38.4 Å². The van der Waals surface area contributed by atoms with Crippen LogP contribution in [0.25, 0.3) is 0 Å². The van der Waals surface area contributed by atoms with Gasteiger partial charge in [-0.1, -0.05) is 24.6 Å². The number of hydrogen-bond donors (Lipinski definition) is 2. The molecule has 0 aliphatic carbocycles. The molecule has 5 heteroatoms. The molecule has 3 rings (SSSR count). The number of hydrogen-bond acceptors (Lipinski definition) is 5. The van der Waals surface area contributed by atoms with Crippen molar-refractivity contribution >= 4 is 0 Å². The van der Waals surface area contributed by atoms with Crippen LogP contribution in [0.4, 0.5) is 0 Å². The minimum absolute atomic E-state index is 0.421. The van der Waals surface area contributed by atoms with Gasteiger partial charge in [-0.2, -0.15) is 0 Å². The maximum atomic E-state index is 4.43. The molecule has 2 unspecified atom stereocenters. The third-order valence-corrected chi connectivity index (χ3v) is 5.38. The largest absolute Gasteiger partial charge is 0.383 e. The minimum atomic E-state index is 0.421. The molecule has 27 heavy (non-hydrogen) atoms. The van der Waals surface area contributed by atoms with Gasteiger partial charge < -0.3 is 15.5 Å². The molecule has 2 atom stereocenters. The molecule has 3 heterocycles. The van der Waals surface area contributed by atoms with Crippen LogP contribution in [0.2, 0.25) is 0 Å². The van der Waals surface area contributed by atoms with Crippen LogP contribution in [-0.4, -0.2) is 66.6 Å². The monoisotopic (exact) mass is 369 g/mol. The molecule has 0 radical (unpaired) electrons. The van der Waals surface area contributed by atoms with Crippen LogP contribution in [-0.2, 0) is 6.54 Å². The summed E-state index contributed by atoms with van der Waals surface area (Å²) in [7, 11) is 2.19. The summed E-state index contributed by atoms with van der Waals surface area (Å²) in [5.41, 5.74) is 1.14. The highest BCUT2D eigenvalue weighted by Gasteiger charge is 2.19. The molecule has 1 fully saturated rings. The van der Waals surface area contributed by atoms with Gasteiger partial charge in [0.1, 0.15) is 0 Å². The van der Waals surface area contributed by atoms with Crippen LogP contribution in [0.15, 0.2) is 48.8 Å². The molecular formula is C22H35N5. The highest BCUT2D eigenvalue weighted by molar-refractivity contribution is 5.12. The zero-order valence-electron chi connectivity index (χ0n) is 16.7. The van der Waals surface area contributed by atoms with Gasteiger partial charge in [0.25, 0.3) is 0 Å². The molecular weight excluding hydrogens is 334 g/mol. The zero-order chi connectivity index (χ0) is 18.7. The Balaban J connectivity index is 1.44. The van der Waals surface area contributed by atoms with E-state index in [1.165, 1.54) is 32.2 Å². The van der Waals surface area contributed by atoms with Gasteiger partial charge in [0.05, 0.1) is 11.7 Å². The molecule has 1 aromatic rings. The molecule has 2 aliphatic heterocycles. The van der Waals surface area contributed by atoms with E-state index < -0.39 is 0 Å². The van der Waals surface area contributed by atoms with Gasteiger partial charge >= 0.3 is 0 Å². The lowest BCUT2D eigenvalue weighted by Crippen LogP contribution is -2.47. The molecule has 1 aromatic heterocycles. The maximum absolute atomic E-state index is 4.43. The fraction of sp³-hybridized carbons (Fsp3) is 0.591. The van der Waals surface area contributed by atoms with Crippen LogP contribution in [0, 0.1) is 0 Å². The summed E-state index contributed by atoms with van der Waals surface area (Å²) in [4.78, 5) is 9.45. The van der Waals surface area contributed by atoms with E-state index in [4.69, 9.17) is 0 Å². The third kappa shape index (κ3) is 7.45. The van der Waals surface area contributed by atoms with Gasteiger partial charge in [0.2, 0.25) is 0 Å². The second kappa shape index (κ2) is 11.2. The van der Waals surface area contributed by atoms with Crippen molar-refractivity contribution in [3.63, 3.8) is 0 Å². The highest BCUT2D eigenvalue weighted by Crippen LogP contribution is 2.10. The lowest BCUT2D eigenvalue weighted by Gasteiger charge is -2.33. The van der Waals surface area contributed by atoms with Crippen molar-refractivity contribution in [2.75, 3.05) is 39.8 Å². The van der Waals surface area contributed by atoms with Gasteiger partial charge in [0, 0.05) is 31.9 Å².